The van der Waals surface area contributed by atoms with Crippen LogP contribution in [0, 0.1) is 5.92 Å². The van der Waals surface area contributed by atoms with Gasteiger partial charge in [-0.2, -0.15) is 0 Å². The summed E-state index contributed by atoms with van der Waals surface area (Å²) < 4.78 is 0. The molecule has 1 unspecified atom stereocenters. The van der Waals surface area contributed by atoms with Gasteiger partial charge in [0, 0.05) is 0 Å². The fraction of sp³-hybridized carbons (Fsp3) is 0.833. The standard InChI is InChI=1S/C6H13NO2.ClH/c1-4(2)6(3,7)5(8)9;/h4H,7H2,1-3H3,(H,8,9);1H. The second-order valence-corrected chi connectivity index (χ2v) is 2.74. The molecule has 3 N–H and O–H groups in total. The Bertz CT molecular complexity index is 123. The number of carboxylic acids is 1. The average Bonchev–Trinajstić information content (AvgIpc) is 1.65. The van der Waals surface area contributed by atoms with Gasteiger partial charge in [-0.05, 0) is 12.8 Å². The number of rotatable bonds is 2. The van der Waals surface area contributed by atoms with Crippen molar-refractivity contribution in [3.05, 3.63) is 0 Å². The Morgan fingerprint density at radius 1 is 1.60 bits per heavy atom. The normalized spacial score (nSPS) is 15.7. The molecule has 0 saturated carbocycles. The summed E-state index contributed by atoms with van der Waals surface area (Å²) in [5.41, 5.74) is 4.32. The summed E-state index contributed by atoms with van der Waals surface area (Å²) >= 11 is 0. The minimum absolute atomic E-state index is 0. The smallest absolute Gasteiger partial charge is 0.323 e. The van der Waals surface area contributed by atoms with Gasteiger partial charge in [0.15, 0.2) is 0 Å². The van der Waals surface area contributed by atoms with E-state index in [1.165, 1.54) is 6.92 Å². The third kappa shape index (κ3) is 2.54. The molecule has 62 valence electrons. The molecule has 0 rings (SSSR count). The summed E-state index contributed by atoms with van der Waals surface area (Å²) in [5, 5.41) is 8.49. The molecule has 0 bridgehead atoms. The zero-order valence-corrected chi connectivity index (χ0v) is 7.23. The van der Waals surface area contributed by atoms with E-state index in [-0.39, 0.29) is 18.3 Å². The highest BCUT2D eigenvalue weighted by Gasteiger charge is 2.31. The molecule has 0 aromatic rings. The summed E-state index contributed by atoms with van der Waals surface area (Å²) in [6.45, 7) is 5.09. The predicted octanol–water partition coefficient (Wildman–Crippen LogP) is 0.866. The second kappa shape index (κ2) is 3.78. The van der Waals surface area contributed by atoms with E-state index in [9.17, 15) is 4.79 Å². The lowest BCUT2D eigenvalue weighted by atomic mass is 9.90. The van der Waals surface area contributed by atoms with Crippen LogP contribution < -0.4 is 5.73 Å². The van der Waals surface area contributed by atoms with Crippen LogP contribution in [0.1, 0.15) is 20.8 Å². The van der Waals surface area contributed by atoms with Crippen LogP contribution in [0.2, 0.25) is 0 Å². The minimum atomic E-state index is -1.08. The lowest BCUT2D eigenvalue weighted by Gasteiger charge is -2.22. The molecular weight excluding hydrogens is 154 g/mol. The molecule has 10 heavy (non-hydrogen) atoms. The van der Waals surface area contributed by atoms with Gasteiger partial charge >= 0.3 is 5.97 Å². The molecule has 0 saturated heterocycles. The van der Waals surface area contributed by atoms with Crippen molar-refractivity contribution in [1.82, 2.24) is 0 Å². The van der Waals surface area contributed by atoms with E-state index in [4.69, 9.17) is 10.8 Å². The Hall–Kier alpha value is -0.280. The first-order valence-corrected chi connectivity index (χ1v) is 2.91. The average molecular weight is 168 g/mol. The van der Waals surface area contributed by atoms with Gasteiger partial charge in [0.2, 0.25) is 0 Å². The van der Waals surface area contributed by atoms with E-state index in [2.05, 4.69) is 0 Å². The summed E-state index contributed by atoms with van der Waals surface area (Å²) in [7, 11) is 0. The number of nitrogens with two attached hydrogens (primary N) is 1. The number of carboxylic acid groups (broad SMARTS) is 1. The molecule has 1 atom stereocenters. The van der Waals surface area contributed by atoms with Gasteiger partial charge in [0.05, 0.1) is 0 Å². The van der Waals surface area contributed by atoms with Crippen molar-refractivity contribution in [1.29, 1.82) is 0 Å². The van der Waals surface area contributed by atoms with E-state index >= 15 is 0 Å². The van der Waals surface area contributed by atoms with Gasteiger partial charge in [-0.3, -0.25) is 4.79 Å². The number of aliphatic carboxylic acids is 1. The maximum atomic E-state index is 10.3. The first-order chi connectivity index (χ1) is 3.89. The molecule has 0 radical (unpaired) electrons. The molecule has 4 heteroatoms. The number of hydrogen-bond acceptors (Lipinski definition) is 2. The summed E-state index contributed by atoms with van der Waals surface area (Å²) in [4.78, 5) is 10.3. The quantitative estimate of drug-likeness (QED) is 0.642. The zero-order valence-electron chi connectivity index (χ0n) is 6.42. The Labute approximate surface area is 67.0 Å². The van der Waals surface area contributed by atoms with Crippen LogP contribution >= 0.6 is 12.4 Å². The van der Waals surface area contributed by atoms with Gasteiger partial charge < -0.3 is 10.8 Å². The molecular formula is C6H14ClNO2. The van der Waals surface area contributed by atoms with Crippen molar-refractivity contribution in [3.8, 4) is 0 Å². The van der Waals surface area contributed by atoms with Crippen molar-refractivity contribution >= 4 is 18.4 Å². The van der Waals surface area contributed by atoms with Crippen LogP contribution in [0.5, 0.6) is 0 Å². The minimum Gasteiger partial charge on any atom is -0.480 e. The maximum Gasteiger partial charge on any atom is 0.323 e. The van der Waals surface area contributed by atoms with Crippen LogP contribution in [0.3, 0.4) is 0 Å². The van der Waals surface area contributed by atoms with Crippen molar-refractivity contribution in [2.75, 3.05) is 0 Å². The largest absolute Gasteiger partial charge is 0.480 e. The Kier molecular flexibility index (Phi) is 4.69. The molecule has 3 nitrogen and oxygen atoms in total. The van der Waals surface area contributed by atoms with Crippen molar-refractivity contribution in [3.63, 3.8) is 0 Å². The molecule has 0 aromatic carbocycles. The molecule has 0 aliphatic carbocycles. The van der Waals surface area contributed by atoms with E-state index < -0.39 is 11.5 Å². The third-order valence-electron chi connectivity index (χ3n) is 1.66. The summed E-state index contributed by atoms with van der Waals surface area (Å²) in [6, 6.07) is 0. The van der Waals surface area contributed by atoms with Crippen LogP contribution in [0.15, 0.2) is 0 Å². The highest BCUT2D eigenvalue weighted by molar-refractivity contribution is 5.85. The number of hydrogen-bond donors (Lipinski definition) is 2. The first-order valence-electron chi connectivity index (χ1n) is 2.91. The lowest BCUT2D eigenvalue weighted by Crippen LogP contribution is -2.49. The Morgan fingerprint density at radius 3 is 1.90 bits per heavy atom. The van der Waals surface area contributed by atoms with Gasteiger partial charge in [0.1, 0.15) is 5.54 Å². The summed E-state index contributed by atoms with van der Waals surface area (Å²) in [5.74, 6) is -0.979. The van der Waals surface area contributed by atoms with Gasteiger partial charge in [0.25, 0.3) is 0 Å². The van der Waals surface area contributed by atoms with E-state index in [0.717, 1.165) is 0 Å². The highest BCUT2D eigenvalue weighted by Crippen LogP contribution is 2.11. The van der Waals surface area contributed by atoms with Crippen LogP contribution in [0.25, 0.3) is 0 Å². The SMILES string of the molecule is CC(C)C(C)(N)C(=O)O.Cl. The van der Waals surface area contributed by atoms with Crippen molar-refractivity contribution < 1.29 is 9.90 Å². The zero-order chi connectivity index (χ0) is 7.65. The van der Waals surface area contributed by atoms with Crippen LogP contribution in [0.4, 0.5) is 0 Å². The highest BCUT2D eigenvalue weighted by atomic mass is 35.5. The Morgan fingerprint density at radius 2 is 1.90 bits per heavy atom. The van der Waals surface area contributed by atoms with Crippen molar-refractivity contribution in [2.45, 2.75) is 26.3 Å². The first kappa shape index (κ1) is 12.4. The molecule has 0 heterocycles. The van der Waals surface area contributed by atoms with Crippen molar-refractivity contribution in [2.24, 2.45) is 11.7 Å². The number of carbonyl (C=O) groups is 1. The van der Waals surface area contributed by atoms with Crippen LogP contribution in [-0.4, -0.2) is 16.6 Å². The van der Waals surface area contributed by atoms with E-state index in [0.29, 0.717) is 0 Å². The molecule has 0 amide bonds. The molecule has 0 spiro atoms. The van der Waals surface area contributed by atoms with Gasteiger partial charge in [-0.1, -0.05) is 13.8 Å². The monoisotopic (exact) mass is 167 g/mol. The maximum absolute atomic E-state index is 10.3. The lowest BCUT2D eigenvalue weighted by molar-refractivity contribution is -0.144. The second-order valence-electron chi connectivity index (χ2n) is 2.74. The predicted molar refractivity (Wildman–Crippen MR) is 42.3 cm³/mol. The molecule has 0 aliphatic heterocycles. The Balaban J connectivity index is 0. The fourth-order valence-corrected chi connectivity index (χ4v) is 0.247. The topological polar surface area (TPSA) is 63.3 Å². The third-order valence-corrected chi connectivity index (χ3v) is 1.66. The molecule has 0 fully saturated rings. The van der Waals surface area contributed by atoms with Crippen LogP contribution in [-0.2, 0) is 4.79 Å². The molecule has 0 aliphatic rings. The number of halogens is 1. The summed E-state index contributed by atoms with van der Waals surface area (Å²) in [6.07, 6.45) is 0. The van der Waals surface area contributed by atoms with E-state index in [1.807, 2.05) is 0 Å². The fourth-order valence-electron chi connectivity index (χ4n) is 0.247. The van der Waals surface area contributed by atoms with Gasteiger partial charge in [-0.15, -0.1) is 12.4 Å². The van der Waals surface area contributed by atoms with Gasteiger partial charge in [-0.25, -0.2) is 0 Å². The van der Waals surface area contributed by atoms with E-state index in [1.54, 1.807) is 13.8 Å². The molecule has 0 aromatic heterocycles.